The van der Waals surface area contributed by atoms with Crippen LogP contribution in [-0.4, -0.2) is 18.1 Å². The van der Waals surface area contributed by atoms with Gasteiger partial charge in [0, 0.05) is 11.4 Å². The maximum absolute atomic E-state index is 12.1. The normalized spacial score (nSPS) is 13.7. The summed E-state index contributed by atoms with van der Waals surface area (Å²) in [6.45, 7) is 5.92. The summed E-state index contributed by atoms with van der Waals surface area (Å²) in [5.74, 6) is 0.683. The van der Waals surface area contributed by atoms with Crippen LogP contribution in [0.25, 0.3) is 10.8 Å². The van der Waals surface area contributed by atoms with Gasteiger partial charge in [0.1, 0.15) is 5.75 Å². The molecule has 3 heteroatoms. The molecule has 2 atom stereocenters. The number of rotatable bonds is 6. The molecule has 0 bridgehead atoms. The van der Waals surface area contributed by atoms with Crippen LogP contribution in [0.4, 0.5) is 0 Å². The average Bonchev–Trinajstić information content (AvgIpc) is 2.47. The topological polar surface area (TPSA) is 38.3 Å². The lowest BCUT2D eigenvalue weighted by Crippen LogP contribution is -2.41. The Bertz CT molecular complexity index is 604. The summed E-state index contributed by atoms with van der Waals surface area (Å²) in [5.41, 5.74) is 0. The SMILES string of the molecule is CCC[C@H](C)NC(=O)[C@H](C)Oc1cccc2ccccc12. The van der Waals surface area contributed by atoms with Gasteiger partial charge in [0.15, 0.2) is 6.10 Å². The highest BCUT2D eigenvalue weighted by Gasteiger charge is 2.17. The van der Waals surface area contributed by atoms with Crippen molar-refractivity contribution in [1.29, 1.82) is 0 Å². The molecule has 3 nitrogen and oxygen atoms in total. The fourth-order valence-electron chi connectivity index (χ4n) is 2.41. The smallest absolute Gasteiger partial charge is 0.260 e. The predicted octanol–water partition coefficient (Wildman–Crippen LogP) is 3.91. The molecule has 1 N–H and O–H groups in total. The van der Waals surface area contributed by atoms with E-state index in [9.17, 15) is 4.79 Å². The van der Waals surface area contributed by atoms with Gasteiger partial charge in [0.25, 0.3) is 5.91 Å². The highest BCUT2D eigenvalue weighted by atomic mass is 16.5. The van der Waals surface area contributed by atoms with Crippen LogP contribution in [0.15, 0.2) is 42.5 Å². The summed E-state index contributed by atoms with van der Waals surface area (Å²) in [5, 5.41) is 5.13. The Labute approximate surface area is 126 Å². The van der Waals surface area contributed by atoms with Crippen LogP contribution in [0.1, 0.15) is 33.6 Å². The second-order valence-corrected chi connectivity index (χ2v) is 5.44. The first-order valence-corrected chi connectivity index (χ1v) is 7.56. The van der Waals surface area contributed by atoms with Crippen LogP contribution in [0, 0.1) is 0 Å². The molecule has 2 rings (SSSR count). The van der Waals surface area contributed by atoms with Gasteiger partial charge in [-0.1, -0.05) is 49.7 Å². The monoisotopic (exact) mass is 285 g/mol. The number of carbonyl (C=O) groups is 1. The molecule has 0 aliphatic heterocycles. The molecule has 0 unspecified atom stereocenters. The van der Waals surface area contributed by atoms with Gasteiger partial charge in [-0.15, -0.1) is 0 Å². The maximum atomic E-state index is 12.1. The van der Waals surface area contributed by atoms with Crippen LogP contribution in [0.5, 0.6) is 5.75 Å². The van der Waals surface area contributed by atoms with Crippen LogP contribution in [-0.2, 0) is 4.79 Å². The second-order valence-electron chi connectivity index (χ2n) is 5.44. The Morgan fingerprint density at radius 1 is 1.14 bits per heavy atom. The van der Waals surface area contributed by atoms with Crippen LogP contribution >= 0.6 is 0 Å². The number of hydrogen-bond donors (Lipinski definition) is 1. The van der Waals surface area contributed by atoms with E-state index in [1.165, 1.54) is 0 Å². The van der Waals surface area contributed by atoms with Crippen molar-refractivity contribution in [1.82, 2.24) is 5.32 Å². The average molecular weight is 285 g/mol. The number of nitrogens with one attached hydrogen (secondary N) is 1. The van der Waals surface area contributed by atoms with E-state index < -0.39 is 6.10 Å². The summed E-state index contributed by atoms with van der Waals surface area (Å²) in [6.07, 6.45) is 1.53. The number of fused-ring (bicyclic) bond motifs is 1. The lowest BCUT2D eigenvalue weighted by molar-refractivity contribution is -0.127. The summed E-state index contributed by atoms with van der Waals surface area (Å²) < 4.78 is 5.86. The minimum absolute atomic E-state index is 0.0658. The Balaban J connectivity index is 2.07. The molecule has 1 amide bonds. The van der Waals surface area contributed by atoms with Crippen molar-refractivity contribution in [2.45, 2.75) is 45.8 Å². The summed E-state index contributed by atoms with van der Waals surface area (Å²) >= 11 is 0. The van der Waals surface area contributed by atoms with Crippen molar-refractivity contribution >= 4 is 16.7 Å². The van der Waals surface area contributed by atoms with Crippen LogP contribution in [0.3, 0.4) is 0 Å². The van der Waals surface area contributed by atoms with Gasteiger partial charge < -0.3 is 10.1 Å². The molecule has 0 radical (unpaired) electrons. The van der Waals surface area contributed by atoms with E-state index in [4.69, 9.17) is 4.74 Å². The van der Waals surface area contributed by atoms with E-state index in [2.05, 4.69) is 12.2 Å². The third-order valence-corrected chi connectivity index (χ3v) is 3.53. The maximum Gasteiger partial charge on any atom is 0.260 e. The van der Waals surface area contributed by atoms with Gasteiger partial charge in [-0.05, 0) is 31.7 Å². The Hall–Kier alpha value is -2.03. The highest BCUT2D eigenvalue weighted by molar-refractivity contribution is 5.89. The number of ether oxygens (including phenoxy) is 1. The van der Waals surface area contributed by atoms with Gasteiger partial charge in [-0.25, -0.2) is 0 Å². The van der Waals surface area contributed by atoms with E-state index in [-0.39, 0.29) is 11.9 Å². The summed E-state index contributed by atoms with van der Waals surface area (Å²) in [6, 6.07) is 14.1. The molecule has 0 saturated heterocycles. The van der Waals surface area contributed by atoms with E-state index in [1.54, 1.807) is 6.92 Å². The van der Waals surface area contributed by atoms with Crippen molar-refractivity contribution in [3.05, 3.63) is 42.5 Å². The minimum Gasteiger partial charge on any atom is -0.480 e. The third kappa shape index (κ3) is 3.97. The van der Waals surface area contributed by atoms with E-state index in [0.29, 0.717) is 0 Å². The number of benzene rings is 2. The van der Waals surface area contributed by atoms with Crippen LogP contribution in [0.2, 0.25) is 0 Å². The molecular weight excluding hydrogens is 262 g/mol. The molecule has 2 aromatic rings. The molecule has 0 aliphatic rings. The minimum atomic E-state index is -0.505. The summed E-state index contributed by atoms with van der Waals surface area (Å²) in [7, 11) is 0. The number of hydrogen-bond acceptors (Lipinski definition) is 2. The van der Waals surface area contributed by atoms with Gasteiger partial charge in [0.05, 0.1) is 0 Å². The second kappa shape index (κ2) is 7.11. The molecule has 2 aromatic carbocycles. The lowest BCUT2D eigenvalue weighted by atomic mass is 10.1. The van der Waals surface area contributed by atoms with Gasteiger partial charge in [-0.3, -0.25) is 4.79 Å². The first-order chi connectivity index (χ1) is 10.1. The van der Waals surface area contributed by atoms with Gasteiger partial charge in [-0.2, -0.15) is 0 Å². The molecule has 0 spiro atoms. The predicted molar refractivity (Wildman–Crippen MR) is 86.6 cm³/mol. The van der Waals surface area contributed by atoms with Crippen molar-refractivity contribution in [2.75, 3.05) is 0 Å². The molecular formula is C18H23NO2. The van der Waals surface area contributed by atoms with Crippen molar-refractivity contribution in [2.24, 2.45) is 0 Å². The Kier molecular flexibility index (Phi) is 5.20. The van der Waals surface area contributed by atoms with E-state index >= 15 is 0 Å². The summed E-state index contributed by atoms with van der Waals surface area (Å²) in [4.78, 5) is 12.1. The highest BCUT2D eigenvalue weighted by Crippen LogP contribution is 2.26. The van der Waals surface area contributed by atoms with Gasteiger partial charge >= 0.3 is 0 Å². The number of amides is 1. The van der Waals surface area contributed by atoms with E-state index in [1.807, 2.05) is 49.4 Å². The quantitative estimate of drug-likeness (QED) is 0.873. The molecule has 0 aromatic heterocycles. The standard InChI is InChI=1S/C18H23NO2/c1-4-8-13(2)19-18(20)14(3)21-17-12-7-10-15-9-5-6-11-16(15)17/h5-7,9-14H,4,8H2,1-3H3,(H,19,20)/t13-,14-/m0/s1. The first kappa shape index (κ1) is 15.4. The van der Waals surface area contributed by atoms with Crippen molar-refractivity contribution < 1.29 is 9.53 Å². The van der Waals surface area contributed by atoms with Crippen molar-refractivity contribution in [3.8, 4) is 5.75 Å². The molecule has 21 heavy (non-hydrogen) atoms. The molecule has 0 fully saturated rings. The number of carbonyl (C=O) groups excluding carboxylic acids is 1. The fraction of sp³-hybridized carbons (Fsp3) is 0.389. The zero-order valence-corrected chi connectivity index (χ0v) is 12.9. The Morgan fingerprint density at radius 2 is 1.86 bits per heavy atom. The molecule has 112 valence electrons. The third-order valence-electron chi connectivity index (χ3n) is 3.53. The molecule has 0 saturated carbocycles. The largest absolute Gasteiger partial charge is 0.480 e. The fourth-order valence-corrected chi connectivity index (χ4v) is 2.41. The first-order valence-electron chi connectivity index (χ1n) is 7.56. The van der Waals surface area contributed by atoms with Crippen LogP contribution < -0.4 is 10.1 Å². The van der Waals surface area contributed by atoms with Crippen molar-refractivity contribution in [3.63, 3.8) is 0 Å². The zero-order chi connectivity index (χ0) is 15.2. The Morgan fingerprint density at radius 3 is 2.62 bits per heavy atom. The zero-order valence-electron chi connectivity index (χ0n) is 12.9. The lowest BCUT2D eigenvalue weighted by Gasteiger charge is -2.19. The van der Waals surface area contributed by atoms with E-state index in [0.717, 1.165) is 29.4 Å². The van der Waals surface area contributed by atoms with Gasteiger partial charge in [0.2, 0.25) is 0 Å². The molecule has 0 heterocycles. The molecule has 0 aliphatic carbocycles.